The predicted molar refractivity (Wildman–Crippen MR) is 97.6 cm³/mol. The lowest BCUT2D eigenvalue weighted by molar-refractivity contribution is 0.632. The summed E-state index contributed by atoms with van der Waals surface area (Å²) < 4.78 is 14.6. The smallest absolute Gasteiger partial charge is 0.191 e. The number of benzene rings is 2. The standard InChI is InChI=1S/C16H13FN4S2/c1-10(15-18-13-8-4-5-9-14(13)23-15)20-21-16(22)19-12-7-3-2-6-11(12)17/h2-9H,1H3,(H2,19,21,22)/b20-10-. The number of anilines is 1. The van der Waals surface area contributed by atoms with E-state index in [4.69, 9.17) is 12.2 Å². The molecule has 0 aliphatic rings. The van der Waals surface area contributed by atoms with Crippen LogP contribution < -0.4 is 10.7 Å². The quantitative estimate of drug-likeness (QED) is 0.426. The number of hydrogen-bond donors (Lipinski definition) is 2. The zero-order valence-electron chi connectivity index (χ0n) is 12.2. The monoisotopic (exact) mass is 344 g/mol. The Kier molecular flexibility index (Phi) is 4.59. The number of fused-ring (bicyclic) bond motifs is 1. The average molecular weight is 344 g/mol. The Bertz CT molecular complexity index is 855. The summed E-state index contributed by atoms with van der Waals surface area (Å²) in [5.74, 6) is -0.372. The van der Waals surface area contributed by atoms with Crippen molar-refractivity contribution in [2.75, 3.05) is 5.32 Å². The Morgan fingerprint density at radius 3 is 2.70 bits per heavy atom. The minimum absolute atomic E-state index is 0.218. The van der Waals surface area contributed by atoms with E-state index in [1.165, 1.54) is 6.07 Å². The van der Waals surface area contributed by atoms with Gasteiger partial charge in [-0.3, -0.25) is 5.43 Å². The highest BCUT2D eigenvalue weighted by Crippen LogP contribution is 2.21. The molecule has 0 saturated carbocycles. The molecule has 1 aromatic heterocycles. The lowest BCUT2D eigenvalue weighted by Gasteiger charge is -2.08. The molecule has 2 N–H and O–H groups in total. The van der Waals surface area contributed by atoms with Crippen LogP contribution in [0.3, 0.4) is 0 Å². The zero-order valence-corrected chi connectivity index (χ0v) is 13.8. The maximum Gasteiger partial charge on any atom is 0.191 e. The molecular weight excluding hydrogens is 331 g/mol. The number of nitrogens with one attached hydrogen (secondary N) is 2. The first-order chi connectivity index (χ1) is 11.1. The molecule has 0 aliphatic heterocycles. The van der Waals surface area contributed by atoms with Gasteiger partial charge in [-0.1, -0.05) is 24.3 Å². The molecular formula is C16H13FN4S2. The third kappa shape index (κ3) is 3.69. The predicted octanol–water partition coefficient (Wildman–Crippen LogP) is 4.15. The van der Waals surface area contributed by atoms with Crippen molar-refractivity contribution in [1.29, 1.82) is 0 Å². The topological polar surface area (TPSA) is 49.3 Å². The first kappa shape index (κ1) is 15.5. The van der Waals surface area contributed by atoms with Gasteiger partial charge < -0.3 is 5.32 Å². The third-order valence-corrected chi connectivity index (χ3v) is 4.39. The lowest BCUT2D eigenvalue weighted by atomic mass is 10.3. The molecule has 0 fully saturated rings. The van der Waals surface area contributed by atoms with Crippen molar-refractivity contribution in [1.82, 2.24) is 10.4 Å². The third-order valence-electron chi connectivity index (χ3n) is 3.05. The van der Waals surface area contributed by atoms with Crippen LogP contribution in [-0.2, 0) is 0 Å². The Hall–Kier alpha value is -2.38. The van der Waals surface area contributed by atoms with Gasteiger partial charge in [-0.05, 0) is 43.4 Å². The van der Waals surface area contributed by atoms with Crippen molar-refractivity contribution in [3.63, 3.8) is 0 Å². The molecule has 7 heteroatoms. The van der Waals surface area contributed by atoms with Gasteiger partial charge in [-0.15, -0.1) is 11.3 Å². The zero-order chi connectivity index (χ0) is 16.2. The largest absolute Gasteiger partial charge is 0.329 e. The van der Waals surface area contributed by atoms with Crippen LogP contribution in [0.15, 0.2) is 53.6 Å². The van der Waals surface area contributed by atoms with Crippen molar-refractivity contribution >= 4 is 50.3 Å². The molecule has 23 heavy (non-hydrogen) atoms. The van der Waals surface area contributed by atoms with Crippen molar-refractivity contribution < 1.29 is 4.39 Å². The van der Waals surface area contributed by atoms with E-state index >= 15 is 0 Å². The molecule has 0 spiro atoms. The van der Waals surface area contributed by atoms with Gasteiger partial charge in [0.25, 0.3) is 0 Å². The minimum atomic E-state index is -0.372. The molecule has 1 heterocycles. The van der Waals surface area contributed by atoms with E-state index < -0.39 is 0 Å². The molecule has 0 atom stereocenters. The number of hydrazone groups is 1. The first-order valence-electron chi connectivity index (χ1n) is 6.85. The summed E-state index contributed by atoms with van der Waals surface area (Å²) in [6.07, 6.45) is 0. The normalized spacial score (nSPS) is 11.5. The Balaban J connectivity index is 1.69. The first-order valence-corrected chi connectivity index (χ1v) is 8.08. The van der Waals surface area contributed by atoms with E-state index in [1.807, 2.05) is 31.2 Å². The second-order valence-electron chi connectivity index (χ2n) is 4.73. The highest BCUT2D eigenvalue weighted by Gasteiger charge is 2.07. The van der Waals surface area contributed by atoms with Crippen molar-refractivity contribution in [2.45, 2.75) is 6.92 Å². The van der Waals surface area contributed by atoms with Gasteiger partial charge in [-0.25, -0.2) is 9.37 Å². The van der Waals surface area contributed by atoms with Gasteiger partial charge in [0.05, 0.1) is 21.6 Å². The maximum atomic E-state index is 13.5. The average Bonchev–Trinajstić information content (AvgIpc) is 2.99. The molecule has 116 valence electrons. The SMILES string of the molecule is C/C(=N/NC(=S)Nc1ccccc1F)c1nc2ccccc2s1. The second kappa shape index (κ2) is 6.80. The number of para-hydroxylation sites is 2. The maximum absolute atomic E-state index is 13.5. The van der Waals surface area contributed by atoms with Crippen LogP contribution >= 0.6 is 23.6 Å². The van der Waals surface area contributed by atoms with E-state index in [2.05, 4.69) is 20.8 Å². The molecule has 0 unspecified atom stereocenters. The minimum Gasteiger partial charge on any atom is -0.329 e. The summed E-state index contributed by atoms with van der Waals surface area (Å²) in [7, 11) is 0. The van der Waals surface area contributed by atoms with E-state index in [0.717, 1.165) is 15.2 Å². The van der Waals surface area contributed by atoms with Crippen LogP contribution in [0, 0.1) is 5.82 Å². The Morgan fingerprint density at radius 2 is 1.91 bits per heavy atom. The fourth-order valence-corrected chi connectivity index (χ4v) is 2.99. The molecule has 0 aliphatic carbocycles. The molecule has 3 rings (SSSR count). The van der Waals surface area contributed by atoms with Crippen LogP contribution in [0.2, 0.25) is 0 Å². The van der Waals surface area contributed by atoms with Gasteiger partial charge in [-0.2, -0.15) is 5.10 Å². The lowest BCUT2D eigenvalue weighted by Crippen LogP contribution is -2.25. The van der Waals surface area contributed by atoms with Crippen LogP contribution in [0.1, 0.15) is 11.9 Å². The van der Waals surface area contributed by atoms with Crippen molar-refractivity contribution in [3.8, 4) is 0 Å². The number of thiazole rings is 1. The van der Waals surface area contributed by atoms with E-state index in [9.17, 15) is 4.39 Å². The summed E-state index contributed by atoms with van der Waals surface area (Å²) in [5, 5.41) is 8.00. The van der Waals surface area contributed by atoms with Crippen LogP contribution in [-0.4, -0.2) is 15.8 Å². The number of rotatable bonds is 3. The molecule has 0 bridgehead atoms. The van der Waals surface area contributed by atoms with Crippen LogP contribution in [0.4, 0.5) is 10.1 Å². The molecule has 4 nitrogen and oxygen atoms in total. The van der Waals surface area contributed by atoms with E-state index in [1.54, 1.807) is 29.5 Å². The van der Waals surface area contributed by atoms with Crippen LogP contribution in [0.5, 0.6) is 0 Å². The van der Waals surface area contributed by atoms with Crippen molar-refractivity contribution in [2.24, 2.45) is 5.10 Å². The summed E-state index contributed by atoms with van der Waals surface area (Å²) in [5.41, 5.74) is 4.66. The number of aromatic nitrogens is 1. The van der Waals surface area contributed by atoms with E-state index in [-0.39, 0.29) is 10.9 Å². The van der Waals surface area contributed by atoms with Gasteiger partial charge in [0.2, 0.25) is 0 Å². The van der Waals surface area contributed by atoms with Crippen molar-refractivity contribution in [3.05, 3.63) is 59.4 Å². The highest BCUT2D eigenvalue weighted by atomic mass is 32.1. The van der Waals surface area contributed by atoms with E-state index in [0.29, 0.717) is 11.4 Å². The Labute approximate surface area is 142 Å². The number of nitrogens with zero attached hydrogens (tertiary/aromatic N) is 2. The summed E-state index contributed by atoms with van der Waals surface area (Å²) in [6.45, 7) is 1.84. The molecule has 0 radical (unpaired) electrons. The van der Waals surface area contributed by atoms with Crippen LogP contribution in [0.25, 0.3) is 10.2 Å². The summed E-state index contributed by atoms with van der Waals surface area (Å²) >= 11 is 6.67. The molecule has 0 amide bonds. The molecule has 2 aromatic carbocycles. The highest BCUT2D eigenvalue weighted by molar-refractivity contribution is 7.80. The summed E-state index contributed by atoms with van der Waals surface area (Å²) in [6, 6.07) is 14.2. The van der Waals surface area contributed by atoms with Gasteiger partial charge in [0.15, 0.2) is 5.11 Å². The summed E-state index contributed by atoms with van der Waals surface area (Å²) in [4.78, 5) is 4.51. The molecule has 3 aromatic rings. The Morgan fingerprint density at radius 1 is 1.17 bits per heavy atom. The second-order valence-corrected chi connectivity index (χ2v) is 6.17. The molecule has 0 saturated heterocycles. The fraction of sp³-hybridized carbons (Fsp3) is 0.0625. The number of hydrogen-bond acceptors (Lipinski definition) is 4. The fourth-order valence-electron chi connectivity index (χ4n) is 1.92. The number of halogens is 1. The number of thiocarbonyl (C=S) groups is 1. The van der Waals surface area contributed by atoms with Gasteiger partial charge in [0.1, 0.15) is 10.8 Å². The van der Waals surface area contributed by atoms with Gasteiger partial charge >= 0.3 is 0 Å². The van der Waals surface area contributed by atoms with Gasteiger partial charge in [0, 0.05) is 0 Å².